The van der Waals surface area contributed by atoms with E-state index in [1.807, 2.05) is 13.8 Å². The molecule has 0 heterocycles. The molecule has 0 spiro atoms. The molecule has 21 heavy (non-hydrogen) atoms. The summed E-state index contributed by atoms with van der Waals surface area (Å²) in [6, 6.07) is 4.14. The van der Waals surface area contributed by atoms with Gasteiger partial charge in [-0.3, -0.25) is 0 Å². The summed E-state index contributed by atoms with van der Waals surface area (Å²) in [6.07, 6.45) is -4.00. The molecular weight excluding hydrogens is 281 g/mol. The van der Waals surface area contributed by atoms with E-state index in [1.54, 1.807) is 6.07 Å². The van der Waals surface area contributed by atoms with Crippen LogP contribution < -0.4 is 10.5 Å². The van der Waals surface area contributed by atoms with E-state index in [4.69, 9.17) is 10.5 Å². The standard InChI is InChI=1S/C15H23F3N2O/c1-3-20(4-2)9-10-21-14-6-5-12(7-8-19)11-13(14)15(16,17)18/h5-6,11H,3-4,7-10,19H2,1-2H3. The third kappa shape index (κ3) is 5.55. The Morgan fingerprint density at radius 1 is 1.19 bits per heavy atom. The summed E-state index contributed by atoms with van der Waals surface area (Å²) < 4.78 is 44.5. The summed E-state index contributed by atoms with van der Waals surface area (Å²) in [4.78, 5) is 2.09. The number of hydrogen-bond acceptors (Lipinski definition) is 3. The molecule has 0 aliphatic rings. The third-order valence-electron chi connectivity index (χ3n) is 3.34. The van der Waals surface area contributed by atoms with Crippen LogP contribution in [-0.2, 0) is 12.6 Å². The zero-order valence-corrected chi connectivity index (χ0v) is 12.5. The van der Waals surface area contributed by atoms with Gasteiger partial charge in [0, 0.05) is 6.54 Å². The second-order valence-corrected chi connectivity index (χ2v) is 4.74. The van der Waals surface area contributed by atoms with Gasteiger partial charge in [-0.05, 0) is 43.8 Å². The highest BCUT2D eigenvalue weighted by Gasteiger charge is 2.34. The molecule has 0 fully saturated rings. The van der Waals surface area contributed by atoms with Crippen LogP contribution in [0.5, 0.6) is 5.75 Å². The molecule has 0 atom stereocenters. The van der Waals surface area contributed by atoms with E-state index in [1.165, 1.54) is 6.07 Å². The number of nitrogens with two attached hydrogens (primary N) is 1. The molecule has 0 amide bonds. The molecule has 0 aromatic heterocycles. The summed E-state index contributed by atoms with van der Waals surface area (Å²) in [5, 5.41) is 0. The first kappa shape index (κ1) is 17.8. The van der Waals surface area contributed by atoms with Crippen molar-refractivity contribution >= 4 is 0 Å². The fourth-order valence-electron chi connectivity index (χ4n) is 2.07. The molecule has 1 aromatic rings. The first-order valence-corrected chi connectivity index (χ1v) is 7.17. The number of nitrogens with zero attached hydrogens (tertiary/aromatic N) is 1. The Hall–Kier alpha value is -1.27. The number of halogens is 3. The number of hydrogen-bond donors (Lipinski definition) is 1. The molecule has 0 radical (unpaired) electrons. The Balaban J connectivity index is 2.81. The van der Waals surface area contributed by atoms with Gasteiger partial charge in [0.2, 0.25) is 0 Å². The molecule has 3 nitrogen and oxygen atoms in total. The van der Waals surface area contributed by atoms with Gasteiger partial charge in [0.1, 0.15) is 12.4 Å². The Kier molecular flexibility index (Phi) is 6.98. The molecule has 1 aromatic carbocycles. The smallest absolute Gasteiger partial charge is 0.419 e. The molecule has 120 valence electrons. The summed E-state index contributed by atoms with van der Waals surface area (Å²) in [5.41, 5.74) is 5.23. The predicted molar refractivity (Wildman–Crippen MR) is 77.5 cm³/mol. The van der Waals surface area contributed by atoms with Crippen molar-refractivity contribution in [3.63, 3.8) is 0 Å². The lowest BCUT2D eigenvalue weighted by Crippen LogP contribution is -2.28. The number of rotatable bonds is 8. The van der Waals surface area contributed by atoms with Crippen molar-refractivity contribution in [2.24, 2.45) is 5.73 Å². The van der Waals surface area contributed by atoms with E-state index in [-0.39, 0.29) is 12.4 Å². The van der Waals surface area contributed by atoms with Crippen LogP contribution in [0.15, 0.2) is 18.2 Å². The first-order chi connectivity index (χ1) is 9.92. The average Bonchev–Trinajstić information content (AvgIpc) is 2.44. The summed E-state index contributed by atoms with van der Waals surface area (Å²) in [6.45, 7) is 6.87. The van der Waals surface area contributed by atoms with Crippen molar-refractivity contribution in [2.75, 3.05) is 32.8 Å². The second-order valence-electron chi connectivity index (χ2n) is 4.74. The summed E-state index contributed by atoms with van der Waals surface area (Å²) in [7, 11) is 0. The molecule has 0 aliphatic heterocycles. The number of benzene rings is 1. The van der Waals surface area contributed by atoms with Crippen LogP contribution >= 0.6 is 0 Å². The minimum Gasteiger partial charge on any atom is -0.492 e. The van der Waals surface area contributed by atoms with E-state index in [0.29, 0.717) is 25.1 Å². The normalized spacial score (nSPS) is 12.0. The van der Waals surface area contributed by atoms with Crippen molar-refractivity contribution in [1.29, 1.82) is 0 Å². The topological polar surface area (TPSA) is 38.5 Å². The lowest BCUT2D eigenvalue weighted by molar-refractivity contribution is -0.139. The second kappa shape index (κ2) is 8.24. The fraction of sp³-hybridized carbons (Fsp3) is 0.600. The first-order valence-electron chi connectivity index (χ1n) is 7.17. The average molecular weight is 304 g/mol. The van der Waals surface area contributed by atoms with Gasteiger partial charge in [-0.1, -0.05) is 19.9 Å². The van der Waals surface area contributed by atoms with Crippen molar-refractivity contribution < 1.29 is 17.9 Å². The molecule has 0 bridgehead atoms. The maximum atomic E-state index is 13.1. The summed E-state index contributed by atoms with van der Waals surface area (Å²) >= 11 is 0. The van der Waals surface area contributed by atoms with Gasteiger partial charge in [0.15, 0.2) is 0 Å². The Bertz CT molecular complexity index is 431. The van der Waals surface area contributed by atoms with Crippen LogP contribution in [0.4, 0.5) is 13.2 Å². The SMILES string of the molecule is CCN(CC)CCOc1ccc(CCN)cc1C(F)(F)F. The molecule has 6 heteroatoms. The van der Waals surface area contributed by atoms with Crippen LogP contribution in [-0.4, -0.2) is 37.7 Å². The third-order valence-corrected chi connectivity index (χ3v) is 3.34. The molecule has 1 rings (SSSR count). The molecule has 0 aliphatic carbocycles. The quantitative estimate of drug-likeness (QED) is 0.802. The minimum atomic E-state index is -4.42. The van der Waals surface area contributed by atoms with Crippen LogP contribution in [0.25, 0.3) is 0 Å². The Morgan fingerprint density at radius 3 is 2.38 bits per heavy atom. The van der Waals surface area contributed by atoms with Crippen LogP contribution in [0.2, 0.25) is 0 Å². The van der Waals surface area contributed by atoms with E-state index in [2.05, 4.69) is 4.90 Å². The minimum absolute atomic E-state index is 0.115. The maximum Gasteiger partial charge on any atom is 0.419 e. The van der Waals surface area contributed by atoms with Crippen molar-refractivity contribution in [1.82, 2.24) is 4.90 Å². The number of likely N-dealkylation sites (N-methyl/N-ethyl adjacent to an activating group) is 1. The molecule has 2 N–H and O–H groups in total. The van der Waals surface area contributed by atoms with Gasteiger partial charge in [0.25, 0.3) is 0 Å². The van der Waals surface area contributed by atoms with Gasteiger partial charge < -0.3 is 15.4 Å². The number of ether oxygens (including phenoxy) is 1. The van der Waals surface area contributed by atoms with Gasteiger partial charge >= 0.3 is 6.18 Å². The predicted octanol–water partition coefficient (Wildman–Crippen LogP) is 2.93. The highest BCUT2D eigenvalue weighted by atomic mass is 19.4. The lowest BCUT2D eigenvalue weighted by Gasteiger charge is -2.20. The highest BCUT2D eigenvalue weighted by molar-refractivity contribution is 5.39. The molecular formula is C15H23F3N2O. The maximum absolute atomic E-state index is 13.1. The van der Waals surface area contributed by atoms with Crippen LogP contribution in [0, 0.1) is 0 Å². The lowest BCUT2D eigenvalue weighted by atomic mass is 10.1. The van der Waals surface area contributed by atoms with Crippen molar-refractivity contribution in [3.05, 3.63) is 29.3 Å². The van der Waals surface area contributed by atoms with E-state index >= 15 is 0 Å². The monoisotopic (exact) mass is 304 g/mol. The Labute approximate surface area is 123 Å². The van der Waals surface area contributed by atoms with Crippen LogP contribution in [0.1, 0.15) is 25.0 Å². The zero-order chi connectivity index (χ0) is 15.9. The molecule has 0 saturated carbocycles. The highest BCUT2D eigenvalue weighted by Crippen LogP contribution is 2.36. The van der Waals surface area contributed by atoms with E-state index < -0.39 is 11.7 Å². The summed E-state index contributed by atoms with van der Waals surface area (Å²) in [5.74, 6) is -0.115. The molecule has 0 saturated heterocycles. The van der Waals surface area contributed by atoms with Crippen molar-refractivity contribution in [2.45, 2.75) is 26.4 Å². The van der Waals surface area contributed by atoms with Gasteiger partial charge in [-0.2, -0.15) is 13.2 Å². The van der Waals surface area contributed by atoms with Crippen molar-refractivity contribution in [3.8, 4) is 5.75 Å². The van der Waals surface area contributed by atoms with Gasteiger partial charge in [0.05, 0.1) is 5.56 Å². The van der Waals surface area contributed by atoms with E-state index in [9.17, 15) is 13.2 Å². The van der Waals surface area contributed by atoms with Gasteiger partial charge in [-0.15, -0.1) is 0 Å². The zero-order valence-electron chi connectivity index (χ0n) is 12.5. The fourth-order valence-corrected chi connectivity index (χ4v) is 2.07. The largest absolute Gasteiger partial charge is 0.492 e. The van der Waals surface area contributed by atoms with Crippen LogP contribution in [0.3, 0.4) is 0 Å². The Morgan fingerprint density at radius 2 is 1.86 bits per heavy atom. The number of alkyl halides is 3. The van der Waals surface area contributed by atoms with E-state index in [0.717, 1.165) is 19.2 Å². The molecule has 0 unspecified atom stereocenters. The van der Waals surface area contributed by atoms with Gasteiger partial charge in [-0.25, -0.2) is 0 Å².